The van der Waals surface area contributed by atoms with Gasteiger partial charge in [-0.05, 0) is 31.2 Å². The summed E-state index contributed by atoms with van der Waals surface area (Å²) >= 11 is 0. The van der Waals surface area contributed by atoms with Gasteiger partial charge in [0, 0.05) is 17.7 Å². The molecule has 1 heterocycles. The molecule has 4 rings (SSSR count). The van der Waals surface area contributed by atoms with Crippen LogP contribution < -0.4 is 4.74 Å². The number of carbonyl (C=O) groups is 3. The van der Waals surface area contributed by atoms with Gasteiger partial charge in [-0.1, -0.05) is 12.2 Å². The van der Waals surface area contributed by atoms with Gasteiger partial charge in [-0.15, -0.1) is 0 Å². The number of amides is 2. The number of benzene rings is 1. The van der Waals surface area contributed by atoms with Crippen molar-refractivity contribution in [2.75, 3.05) is 13.2 Å². The second-order valence-corrected chi connectivity index (χ2v) is 7.31. The van der Waals surface area contributed by atoms with E-state index in [1.807, 2.05) is 12.2 Å². The number of nitrogens with zero attached hydrogens (tertiary/aromatic N) is 3. The van der Waals surface area contributed by atoms with Gasteiger partial charge in [0.05, 0.1) is 29.6 Å². The minimum Gasteiger partial charge on any atom is -0.481 e. The van der Waals surface area contributed by atoms with Gasteiger partial charge in [-0.25, -0.2) is 4.79 Å². The first-order chi connectivity index (χ1) is 14.4. The molecule has 156 valence electrons. The molecule has 0 aromatic heterocycles. The fourth-order valence-electron chi connectivity index (χ4n) is 4.34. The van der Waals surface area contributed by atoms with Gasteiger partial charge in [-0.3, -0.25) is 19.7 Å². The van der Waals surface area contributed by atoms with Crippen LogP contribution in [0.25, 0.3) is 0 Å². The third-order valence-corrected chi connectivity index (χ3v) is 5.61. The van der Waals surface area contributed by atoms with Gasteiger partial charge in [0.15, 0.2) is 6.61 Å². The lowest BCUT2D eigenvalue weighted by Gasteiger charge is -2.13. The van der Waals surface area contributed by atoms with Crippen molar-refractivity contribution in [2.24, 2.45) is 28.8 Å². The van der Waals surface area contributed by atoms with Gasteiger partial charge < -0.3 is 9.47 Å². The molecule has 30 heavy (non-hydrogen) atoms. The molecule has 1 aliphatic heterocycles. The quantitative estimate of drug-likeness (QED) is 0.166. The number of fused-ring (bicyclic) bond motifs is 5. The second-order valence-electron chi connectivity index (χ2n) is 7.31. The molecule has 1 saturated heterocycles. The molecule has 0 N–H and O–H groups in total. The maximum absolute atomic E-state index is 12.7. The number of hydrogen-bond donors (Lipinski definition) is 0. The molecule has 2 bridgehead atoms. The Bertz CT molecular complexity index is 957. The summed E-state index contributed by atoms with van der Waals surface area (Å²) in [7, 11) is 0. The molecule has 1 aromatic rings. The fourth-order valence-corrected chi connectivity index (χ4v) is 4.34. The molecular weight excluding hydrogens is 394 g/mol. The van der Waals surface area contributed by atoms with Crippen LogP contribution in [0.15, 0.2) is 35.5 Å². The van der Waals surface area contributed by atoms with E-state index in [-0.39, 0.29) is 47.3 Å². The van der Waals surface area contributed by atoms with Crippen molar-refractivity contribution in [3.63, 3.8) is 0 Å². The van der Waals surface area contributed by atoms with E-state index in [9.17, 15) is 24.5 Å². The van der Waals surface area contributed by atoms with Crippen molar-refractivity contribution in [2.45, 2.75) is 13.3 Å². The van der Waals surface area contributed by atoms with Crippen molar-refractivity contribution in [1.82, 2.24) is 5.01 Å². The molecule has 4 atom stereocenters. The number of rotatable bonds is 7. The van der Waals surface area contributed by atoms with Crippen LogP contribution in [0.1, 0.15) is 18.9 Å². The van der Waals surface area contributed by atoms with Crippen LogP contribution in [0, 0.1) is 33.8 Å². The highest BCUT2D eigenvalue weighted by Crippen LogP contribution is 2.52. The lowest BCUT2D eigenvalue weighted by Crippen LogP contribution is -2.28. The third kappa shape index (κ3) is 3.34. The Morgan fingerprint density at radius 1 is 1.27 bits per heavy atom. The van der Waals surface area contributed by atoms with Gasteiger partial charge in [0.1, 0.15) is 5.75 Å². The van der Waals surface area contributed by atoms with Crippen molar-refractivity contribution < 1.29 is 28.8 Å². The summed E-state index contributed by atoms with van der Waals surface area (Å²) in [5.74, 6) is -1.87. The lowest BCUT2D eigenvalue weighted by atomic mass is 9.85. The van der Waals surface area contributed by atoms with E-state index in [1.54, 1.807) is 6.92 Å². The molecule has 2 amide bonds. The van der Waals surface area contributed by atoms with E-state index in [0.717, 1.165) is 11.4 Å². The molecule has 0 radical (unpaired) electrons. The molecule has 0 unspecified atom stereocenters. The summed E-state index contributed by atoms with van der Waals surface area (Å²) < 4.78 is 10.2. The minimum absolute atomic E-state index is 0.0536. The van der Waals surface area contributed by atoms with Crippen molar-refractivity contribution in [3.05, 3.63) is 46.0 Å². The molecule has 2 aliphatic carbocycles. The molecule has 0 spiro atoms. The number of hydrazone groups is 1. The van der Waals surface area contributed by atoms with E-state index in [1.165, 1.54) is 24.4 Å². The summed E-state index contributed by atoms with van der Waals surface area (Å²) in [5.41, 5.74) is -0.0645. The SMILES string of the molecule is CCOC(=O)COc1ccc([N+](=O)[O-])cc1C=NN1C(=O)[C@@H]2[C@H](C1=O)[C@H]1C=C[C@H]2C1. The number of imide groups is 1. The summed E-state index contributed by atoms with van der Waals surface area (Å²) in [6.07, 6.45) is 5.93. The maximum atomic E-state index is 12.7. The van der Waals surface area contributed by atoms with Crippen molar-refractivity contribution in [1.29, 1.82) is 0 Å². The van der Waals surface area contributed by atoms with Crippen LogP contribution in [0.2, 0.25) is 0 Å². The predicted molar refractivity (Wildman–Crippen MR) is 102 cm³/mol. The summed E-state index contributed by atoms with van der Waals surface area (Å²) in [6.45, 7) is 1.45. The number of allylic oxidation sites excluding steroid dienone is 2. The smallest absolute Gasteiger partial charge is 0.344 e. The van der Waals surface area contributed by atoms with Crippen LogP contribution in [-0.2, 0) is 19.1 Å². The van der Waals surface area contributed by atoms with Crippen molar-refractivity contribution in [3.8, 4) is 5.75 Å². The van der Waals surface area contributed by atoms with Crippen LogP contribution >= 0.6 is 0 Å². The maximum Gasteiger partial charge on any atom is 0.344 e. The average Bonchev–Trinajstić information content (AvgIpc) is 3.40. The largest absolute Gasteiger partial charge is 0.481 e. The Hall–Kier alpha value is -3.56. The number of esters is 1. The minimum atomic E-state index is -0.598. The van der Waals surface area contributed by atoms with E-state index < -0.39 is 29.3 Å². The Morgan fingerprint density at radius 2 is 1.93 bits per heavy atom. The van der Waals surface area contributed by atoms with E-state index in [2.05, 4.69) is 5.10 Å². The molecule has 10 nitrogen and oxygen atoms in total. The van der Waals surface area contributed by atoms with Crippen LogP contribution in [0.5, 0.6) is 5.75 Å². The van der Waals surface area contributed by atoms with Crippen LogP contribution in [-0.4, -0.2) is 47.1 Å². The zero-order valence-corrected chi connectivity index (χ0v) is 16.1. The molecular formula is C20H19N3O7. The second kappa shape index (κ2) is 7.69. The van der Waals surface area contributed by atoms with E-state index >= 15 is 0 Å². The Kier molecular flexibility index (Phi) is 5.06. The van der Waals surface area contributed by atoms with Crippen LogP contribution in [0.3, 0.4) is 0 Å². The lowest BCUT2D eigenvalue weighted by molar-refractivity contribution is -0.384. The highest BCUT2D eigenvalue weighted by Gasteiger charge is 2.59. The third-order valence-electron chi connectivity index (χ3n) is 5.61. The van der Waals surface area contributed by atoms with Gasteiger partial charge in [-0.2, -0.15) is 10.1 Å². The van der Waals surface area contributed by atoms with Gasteiger partial charge >= 0.3 is 5.97 Å². The summed E-state index contributed by atoms with van der Waals surface area (Å²) in [5, 5.41) is 16.0. The highest BCUT2D eigenvalue weighted by molar-refractivity contribution is 6.07. The molecule has 1 aromatic carbocycles. The molecule has 2 fully saturated rings. The zero-order valence-electron chi connectivity index (χ0n) is 16.1. The van der Waals surface area contributed by atoms with Gasteiger partial charge in [0.25, 0.3) is 17.5 Å². The van der Waals surface area contributed by atoms with Crippen molar-refractivity contribution >= 4 is 29.7 Å². The summed E-state index contributed by atoms with van der Waals surface area (Å²) in [6, 6.07) is 3.74. The first kappa shape index (κ1) is 19.7. The highest BCUT2D eigenvalue weighted by atomic mass is 16.6. The molecule has 3 aliphatic rings. The number of hydrogen-bond acceptors (Lipinski definition) is 8. The summed E-state index contributed by atoms with van der Waals surface area (Å²) in [4.78, 5) is 47.5. The number of carbonyl (C=O) groups excluding carboxylic acids is 3. The van der Waals surface area contributed by atoms with Gasteiger partial charge in [0.2, 0.25) is 0 Å². The Morgan fingerprint density at radius 3 is 2.53 bits per heavy atom. The standard InChI is InChI=1S/C20H19N3O7/c1-2-29-16(24)10-30-15-6-5-14(23(27)28)8-13(15)9-21-22-19(25)17-11-3-4-12(7-11)18(17)20(22)26/h3-6,8-9,11-12,17-18H,2,7,10H2,1H3/t11-,12-,17-,18+/m0/s1. The number of nitro benzene ring substituents is 1. The monoisotopic (exact) mass is 413 g/mol. The van der Waals surface area contributed by atoms with E-state index in [0.29, 0.717) is 0 Å². The average molecular weight is 413 g/mol. The topological polar surface area (TPSA) is 128 Å². The number of ether oxygens (including phenoxy) is 2. The fraction of sp³-hybridized carbons (Fsp3) is 0.400. The Labute approximate surface area is 171 Å². The predicted octanol–water partition coefficient (Wildman–Crippen LogP) is 1.68. The molecule has 1 saturated carbocycles. The van der Waals surface area contributed by atoms with Crippen LogP contribution in [0.4, 0.5) is 5.69 Å². The van der Waals surface area contributed by atoms with E-state index in [4.69, 9.17) is 9.47 Å². The Balaban J connectivity index is 1.57. The number of non-ortho nitro benzene ring substituents is 1. The molecule has 10 heteroatoms. The first-order valence-corrected chi connectivity index (χ1v) is 9.57. The first-order valence-electron chi connectivity index (χ1n) is 9.57. The number of nitro groups is 1. The zero-order chi connectivity index (χ0) is 21.4. The normalized spacial score (nSPS) is 26.5.